The van der Waals surface area contributed by atoms with Gasteiger partial charge in [-0.2, -0.15) is 4.98 Å². The molecule has 0 saturated carbocycles. The predicted octanol–water partition coefficient (Wildman–Crippen LogP) is 2.14. The van der Waals surface area contributed by atoms with Crippen LogP contribution in [0.5, 0.6) is 0 Å². The van der Waals surface area contributed by atoms with Gasteiger partial charge >= 0.3 is 5.69 Å². The van der Waals surface area contributed by atoms with E-state index in [1.165, 1.54) is 6.07 Å². The van der Waals surface area contributed by atoms with Gasteiger partial charge in [0.2, 0.25) is 0 Å². The molecule has 134 valence electrons. The Hall–Kier alpha value is -3.61. The van der Waals surface area contributed by atoms with E-state index in [0.29, 0.717) is 16.8 Å². The number of fused-ring (bicyclic) bond motifs is 1. The summed E-state index contributed by atoms with van der Waals surface area (Å²) in [6.45, 7) is 0.212. The number of nitrogens with zero attached hydrogens (tertiary/aromatic N) is 4. The summed E-state index contributed by atoms with van der Waals surface area (Å²) >= 11 is 0. The molecule has 0 spiro atoms. The summed E-state index contributed by atoms with van der Waals surface area (Å²) in [6, 6.07) is 14.9. The van der Waals surface area contributed by atoms with Crippen LogP contribution in [-0.2, 0) is 13.1 Å². The molecule has 0 atom stereocenters. The van der Waals surface area contributed by atoms with Gasteiger partial charge in [0.15, 0.2) is 5.82 Å². The van der Waals surface area contributed by atoms with E-state index in [-0.39, 0.29) is 24.7 Å². The molecule has 0 N–H and O–H groups in total. The maximum absolute atomic E-state index is 14.0. The van der Waals surface area contributed by atoms with Crippen molar-refractivity contribution in [3.8, 4) is 11.4 Å². The standard InChI is InChI=1S/C20H15FN4O2/c21-17-9-2-1-6-14(17)12-24-11-5-8-16-18(24)23-20(27)25(19(16)26)13-15-7-3-4-10-22-15/h1-11H,12-13H2. The second-order valence-corrected chi connectivity index (χ2v) is 6.07. The molecule has 1 aromatic heterocycles. The van der Waals surface area contributed by atoms with Gasteiger partial charge in [0.05, 0.1) is 24.3 Å². The fraction of sp³-hybridized carbons (Fsp3) is 0.100. The van der Waals surface area contributed by atoms with Gasteiger partial charge in [-0.05, 0) is 30.3 Å². The first kappa shape index (κ1) is 16.8. The van der Waals surface area contributed by atoms with E-state index in [1.54, 1.807) is 65.5 Å². The van der Waals surface area contributed by atoms with Crippen LogP contribution in [-0.4, -0.2) is 19.1 Å². The third kappa shape index (κ3) is 3.27. The zero-order valence-corrected chi connectivity index (χ0v) is 14.2. The fourth-order valence-corrected chi connectivity index (χ4v) is 2.95. The lowest BCUT2D eigenvalue weighted by Gasteiger charge is -2.15. The molecule has 7 heteroatoms. The molecule has 2 aliphatic heterocycles. The molecule has 0 radical (unpaired) electrons. The Balaban J connectivity index is 1.80. The molecule has 27 heavy (non-hydrogen) atoms. The summed E-state index contributed by atoms with van der Waals surface area (Å²) in [5, 5.41) is 0. The smallest absolute Gasteiger partial charge is 0.328 e. The molecule has 0 saturated heterocycles. The number of hydrogen-bond donors (Lipinski definition) is 0. The molecule has 1 aromatic carbocycles. The van der Waals surface area contributed by atoms with Crippen LogP contribution in [0, 0.1) is 5.82 Å². The van der Waals surface area contributed by atoms with Gasteiger partial charge < -0.3 is 4.57 Å². The molecule has 4 rings (SSSR count). The van der Waals surface area contributed by atoms with Crippen molar-refractivity contribution >= 4 is 0 Å². The number of aromatic nitrogens is 4. The molecule has 0 amide bonds. The van der Waals surface area contributed by atoms with Crippen molar-refractivity contribution in [1.82, 2.24) is 19.1 Å². The van der Waals surface area contributed by atoms with Crippen LogP contribution in [0.3, 0.4) is 0 Å². The van der Waals surface area contributed by atoms with Crippen LogP contribution < -0.4 is 11.2 Å². The van der Waals surface area contributed by atoms with E-state index >= 15 is 0 Å². The predicted molar refractivity (Wildman–Crippen MR) is 98.2 cm³/mol. The minimum absolute atomic E-state index is 0.0453. The van der Waals surface area contributed by atoms with Gasteiger partial charge in [-0.15, -0.1) is 0 Å². The molecule has 0 unspecified atom stereocenters. The highest BCUT2D eigenvalue weighted by Gasteiger charge is 2.18. The minimum atomic E-state index is -0.661. The van der Waals surface area contributed by atoms with Gasteiger partial charge in [0.1, 0.15) is 5.82 Å². The van der Waals surface area contributed by atoms with Crippen molar-refractivity contribution in [3.63, 3.8) is 0 Å². The Bertz CT molecular complexity index is 1180. The van der Waals surface area contributed by atoms with E-state index in [4.69, 9.17) is 0 Å². The molecule has 2 aliphatic rings. The second-order valence-electron chi connectivity index (χ2n) is 6.07. The third-order valence-corrected chi connectivity index (χ3v) is 4.29. The summed E-state index contributed by atoms with van der Waals surface area (Å²) in [4.78, 5) is 33.5. The van der Waals surface area contributed by atoms with Crippen LogP contribution in [0.2, 0.25) is 0 Å². The zero-order chi connectivity index (χ0) is 18.8. The van der Waals surface area contributed by atoms with E-state index in [0.717, 1.165) is 4.57 Å². The van der Waals surface area contributed by atoms with E-state index in [9.17, 15) is 14.0 Å². The first-order valence-corrected chi connectivity index (χ1v) is 8.37. The lowest BCUT2D eigenvalue weighted by molar-refractivity contribution is 0.596. The highest BCUT2D eigenvalue weighted by molar-refractivity contribution is 5.54. The van der Waals surface area contributed by atoms with Crippen molar-refractivity contribution in [3.05, 3.63) is 105 Å². The van der Waals surface area contributed by atoms with Crippen molar-refractivity contribution in [2.45, 2.75) is 13.1 Å². The average molecular weight is 362 g/mol. The zero-order valence-electron chi connectivity index (χ0n) is 14.2. The molecular formula is C20H15FN4O2. The van der Waals surface area contributed by atoms with Crippen LogP contribution >= 0.6 is 0 Å². The number of benzene rings is 1. The van der Waals surface area contributed by atoms with Crippen LogP contribution in [0.1, 0.15) is 11.3 Å². The van der Waals surface area contributed by atoms with Gasteiger partial charge in [0.25, 0.3) is 5.56 Å². The molecule has 0 aliphatic carbocycles. The van der Waals surface area contributed by atoms with Gasteiger partial charge in [-0.25, -0.2) is 9.18 Å². The van der Waals surface area contributed by atoms with Crippen LogP contribution in [0.25, 0.3) is 11.4 Å². The summed E-state index contributed by atoms with van der Waals surface area (Å²) in [6.07, 6.45) is 3.27. The Labute approximate surface area is 153 Å². The summed E-state index contributed by atoms with van der Waals surface area (Å²) < 4.78 is 16.6. The van der Waals surface area contributed by atoms with Crippen molar-refractivity contribution in [1.29, 1.82) is 0 Å². The van der Waals surface area contributed by atoms with Gasteiger partial charge in [-0.1, -0.05) is 24.3 Å². The molecule has 3 heterocycles. The lowest BCUT2D eigenvalue weighted by Crippen LogP contribution is -2.38. The molecular weight excluding hydrogens is 347 g/mol. The molecule has 0 fully saturated rings. The normalized spacial score (nSPS) is 11.0. The molecule has 6 nitrogen and oxygen atoms in total. The number of rotatable bonds is 4. The van der Waals surface area contributed by atoms with E-state index in [2.05, 4.69) is 9.97 Å². The minimum Gasteiger partial charge on any atom is -0.328 e. The largest absolute Gasteiger partial charge is 0.352 e. The first-order chi connectivity index (χ1) is 13.1. The quantitative estimate of drug-likeness (QED) is 0.558. The fourth-order valence-electron chi connectivity index (χ4n) is 2.95. The van der Waals surface area contributed by atoms with E-state index < -0.39 is 11.2 Å². The maximum Gasteiger partial charge on any atom is 0.352 e. The summed E-state index contributed by atoms with van der Waals surface area (Å²) in [7, 11) is 0. The number of pyridine rings is 2. The topological polar surface area (TPSA) is 69.8 Å². The Morgan fingerprint density at radius 1 is 0.926 bits per heavy atom. The van der Waals surface area contributed by atoms with Gasteiger partial charge in [0, 0.05) is 18.0 Å². The van der Waals surface area contributed by atoms with E-state index in [1.807, 2.05) is 0 Å². The maximum atomic E-state index is 14.0. The van der Waals surface area contributed by atoms with Crippen LogP contribution in [0.4, 0.5) is 4.39 Å². The Morgan fingerprint density at radius 2 is 1.74 bits per heavy atom. The SMILES string of the molecule is O=c1nc2n(Cc3ccccc3F)cccc-2c(=O)n1Cc1ccccn1. The first-order valence-electron chi connectivity index (χ1n) is 8.37. The molecule has 0 bridgehead atoms. The Morgan fingerprint density at radius 3 is 2.52 bits per heavy atom. The highest BCUT2D eigenvalue weighted by Crippen LogP contribution is 2.16. The second kappa shape index (κ2) is 6.95. The molecule has 2 aromatic rings. The monoisotopic (exact) mass is 362 g/mol. The lowest BCUT2D eigenvalue weighted by atomic mass is 10.2. The van der Waals surface area contributed by atoms with Gasteiger partial charge in [-0.3, -0.25) is 14.3 Å². The third-order valence-electron chi connectivity index (χ3n) is 4.29. The Kier molecular flexibility index (Phi) is 4.33. The van der Waals surface area contributed by atoms with Crippen molar-refractivity contribution in [2.75, 3.05) is 0 Å². The number of hydrogen-bond acceptors (Lipinski definition) is 4. The summed E-state index contributed by atoms with van der Waals surface area (Å²) in [5.41, 5.74) is 0.226. The highest BCUT2D eigenvalue weighted by atomic mass is 19.1. The average Bonchev–Trinajstić information content (AvgIpc) is 2.68. The summed E-state index contributed by atoms with van der Waals surface area (Å²) in [5.74, 6) is -0.124. The van der Waals surface area contributed by atoms with Crippen molar-refractivity contribution in [2.24, 2.45) is 0 Å². The van der Waals surface area contributed by atoms with Crippen LogP contribution in [0.15, 0.2) is 76.6 Å². The number of halogens is 1. The van der Waals surface area contributed by atoms with Crippen molar-refractivity contribution < 1.29 is 4.39 Å².